The summed E-state index contributed by atoms with van der Waals surface area (Å²) in [6, 6.07) is 8.27. The summed E-state index contributed by atoms with van der Waals surface area (Å²) in [5.41, 5.74) is 0.132. The van der Waals surface area contributed by atoms with Crippen molar-refractivity contribution in [2.24, 2.45) is 0 Å². The number of alkyl carbamates (subject to hydrolysis) is 1. The first-order valence-corrected chi connectivity index (χ1v) is 9.80. The van der Waals surface area contributed by atoms with Crippen LogP contribution in [0, 0.1) is 0 Å². The zero-order valence-electron chi connectivity index (χ0n) is 17.3. The van der Waals surface area contributed by atoms with E-state index in [9.17, 15) is 14.4 Å². The lowest BCUT2D eigenvalue weighted by molar-refractivity contribution is -0.148. The molecule has 1 aliphatic heterocycles. The van der Waals surface area contributed by atoms with Gasteiger partial charge in [-0.1, -0.05) is 30.3 Å². The van der Waals surface area contributed by atoms with Crippen LogP contribution >= 0.6 is 0 Å². The predicted octanol–water partition coefficient (Wildman–Crippen LogP) is 2.26. The van der Waals surface area contributed by atoms with Crippen LogP contribution in [0.2, 0.25) is 0 Å². The second-order valence-electron chi connectivity index (χ2n) is 7.82. The second kappa shape index (κ2) is 10.8. The molecule has 160 valence electrons. The van der Waals surface area contributed by atoms with Gasteiger partial charge in [-0.15, -0.1) is 0 Å². The molecule has 2 amide bonds. The van der Waals surface area contributed by atoms with E-state index in [1.165, 1.54) is 0 Å². The maximum atomic E-state index is 12.6. The Morgan fingerprint density at radius 2 is 1.79 bits per heavy atom. The normalized spacial score (nSPS) is 15.3. The maximum Gasteiger partial charge on any atom is 0.408 e. The number of nitrogens with zero attached hydrogens (tertiary/aromatic N) is 1. The number of esters is 1. The van der Waals surface area contributed by atoms with Gasteiger partial charge in [0, 0.05) is 19.5 Å². The zero-order valence-corrected chi connectivity index (χ0v) is 17.3. The molecule has 0 spiro atoms. The van der Waals surface area contributed by atoms with Gasteiger partial charge in [-0.25, -0.2) is 9.59 Å². The van der Waals surface area contributed by atoms with Crippen molar-refractivity contribution in [2.45, 2.75) is 51.9 Å². The Morgan fingerprint density at radius 3 is 2.41 bits per heavy atom. The van der Waals surface area contributed by atoms with Gasteiger partial charge in [0.05, 0.1) is 13.2 Å². The summed E-state index contributed by atoms with van der Waals surface area (Å²) in [5, 5.41) is 2.54. The fourth-order valence-corrected chi connectivity index (χ4v) is 2.77. The number of hydrogen-bond acceptors (Lipinski definition) is 6. The quantitative estimate of drug-likeness (QED) is 0.698. The van der Waals surface area contributed by atoms with Gasteiger partial charge in [0.1, 0.15) is 18.2 Å². The number of carbonyl (C=O) groups excluding carboxylic acids is 3. The Balaban J connectivity index is 1.94. The lowest BCUT2D eigenvalue weighted by Gasteiger charge is -2.27. The lowest BCUT2D eigenvalue weighted by Crippen LogP contribution is -2.45. The third-order valence-corrected chi connectivity index (χ3v) is 4.21. The minimum absolute atomic E-state index is 0.0832. The summed E-state index contributed by atoms with van der Waals surface area (Å²) in [5.74, 6) is -0.686. The molecule has 0 aliphatic carbocycles. The molecule has 1 fully saturated rings. The van der Waals surface area contributed by atoms with E-state index in [2.05, 4.69) is 5.32 Å². The number of nitrogens with one attached hydrogen (secondary N) is 1. The average Bonchev–Trinajstić information content (AvgIpc) is 2.69. The van der Waals surface area contributed by atoms with Crippen molar-refractivity contribution in [2.75, 3.05) is 26.3 Å². The molecule has 1 saturated heterocycles. The van der Waals surface area contributed by atoms with E-state index in [0.717, 1.165) is 5.56 Å². The number of hydrogen-bond donors (Lipinski definition) is 1. The van der Waals surface area contributed by atoms with Crippen LogP contribution in [0.4, 0.5) is 4.79 Å². The Hall–Kier alpha value is -2.61. The molecule has 1 N–H and O–H groups in total. The minimum Gasteiger partial charge on any atom is -0.459 e. The van der Waals surface area contributed by atoms with Crippen molar-refractivity contribution in [1.29, 1.82) is 0 Å². The van der Waals surface area contributed by atoms with Crippen molar-refractivity contribution in [3.63, 3.8) is 0 Å². The van der Waals surface area contributed by atoms with Crippen LogP contribution in [0.15, 0.2) is 30.3 Å². The average molecular weight is 406 g/mol. The van der Waals surface area contributed by atoms with E-state index in [0.29, 0.717) is 26.3 Å². The van der Waals surface area contributed by atoms with Gasteiger partial charge in [-0.3, -0.25) is 4.79 Å². The standard InChI is InChI=1S/C21H30N2O6/c1-21(2,3)29-20(26)22-17(9-10-18(24)23-11-13-27-14-12-23)19(25)28-15-16-7-5-4-6-8-16/h4-8,17H,9-15H2,1-3H3,(H,22,26). The van der Waals surface area contributed by atoms with Crippen molar-refractivity contribution in [3.8, 4) is 0 Å². The Labute approximate surface area is 171 Å². The Morgan fingerprint density at radius 1 is 1.14 bits per heavy atom. The van der Waals surface area contributed by atoms with Gasteiger partial charge in [-0.05, 0) is 32.8 Å². The summed E-state index contributed by atoms with van der Waals surface area (Å²) < 4.78 is 15.8. The van der Waals surface area contributed by atoms with Crippen molar-refractivity contribution >= 4 is 18.0 Å². The molecular formula is C21H30N2O6. The fourth-order valence-electron chi connectivity index (χ4n) is 2.77. The first-order valence-electron chi connectivity index (χ1n) is 9.80. The van der Waals surface area contributed by atoms with E-state index in [1.54, 1.807) is 25.7 Å². The summed E-state index contributed by atoms with van der Waals surface area (Å²) in [4.78, 5) is 38.8. The van der Waals surface area contributed by atoms with Crippen molar-refractivity contribution < 1.29 is 28.6 Å². The first-order chi connectivity index (χ1) is 13.7. The number of rotatable bonds is 7. The third kappa shape index (κ3) is 8.51. The van der Waals surface area contributed by atoms with E-state index >= 15 is 0 Å². The van der Waals surface area contributed by atoms with Gasteiger partial charge in [0.15, 0.2) is 0 Å². The molecule has 0 bridgehead atoms. The van der Waals surface area contributed by atoms with Crippen molar-refractivity contribution in [1.82, 2.24) is 10.2 Å². The van der Waals surface area contributed by atoms with Gasteiger partial charge >= 0.3 is 12.1 Å². The number of benzene rings is 1. The maximum absolute atomic E-state index is 12.6. The SMILES string of the molecule is CC(C)(C)OC(=O)NC(CCC(=O)N1CCOCC1)C(=O)OCc1ccccc1. The molecule has 1 unspecified atom stereocenters. The van der Waals surface area contributed by atoms with Gasteiger partial charge in [0.25, 0.3) is 0 Å². The molecule has 8 nitrogen and oxygen atoms in total. The molecule has 1 aromatic rings. The molecule has 1 aliphatic rings. The largest absolute Gasteiger partial charge is 0.459 e. The molecule has 2 rings (SSSR count). The fraction of sp³-hybridized carbons (Fsp3) is 0.571. The van der Waals surface area contributed by atoms with Crippen LogP contribution in [0.1, 0.15) is 39.2 Å². The van der Waals surface area contributed by atoms with Crippen LogP contribution in [-0.4, -0.2) is 60.8 Å². The monoisotopic (exact) mass is 406 g/mol. The smallest absolute Gasteiger partial charge is 0.408 e. The van der Waals surface area contributed by atoms with Gasteiger partial charge in [0.2, 0.25) is 5.91 Å². The van der Waals surface area contributed by atoms with Crippen LogP contribution in [0.3, 0.4) is 0 Å². The highest BCUT2D eigenvalue weighted by molar-refractivity contribution is 5.83. The highest BCUT2D eigenvalue weighted by Gasteiger charge is 2.27. The van der Waals surface area contributed by atoms with E-state index < -0.39 is 23.7 Å². The van der Waals surface area contributed by atoms with Crippen molar-refractivity contribution in [3.05, 3.63) is 35.9 Å². The molecule has 8 heteroatoms. The Bertz CT molecular complexity index is 680. The zero-order chi connectivity index (χ0) is 21.3. The van der Waals surface area contributed by atoms with Crippen LogP contribution < -0.4 is 5.32 Å². The number of morpholine rings is 1. The summed E-state index contributed by atoms with van der Waals surface area (Å²) in [6.45, 7) is 7.35. The predicted molar refractivity (Wildman–Crippen MR) is 106 cm³/mol. The summed E-state index contributed by atoms with van der Waals surface area (Å²) in [7, 11) is 0. The van der Waals surface area contributed by atoms with Gasteiger partial charge in [-0.2, -0.15) is 0 Å². The van der Waals surface area contributed by atoms with Gasteiger partial charge < -0.3 is 24.4 Å². The summed E-state index contributed by atoms with van der Waals surface area (Å²) in [6.07, 6.45) is -0.484. The van der Waals surface area contributed by atoms with E-state index in [1.807, 2.05) is 30.3 Å². The number of carbonyl (C=O) groups is 3. The molecule has 0 radical (unpaired) electrons. The Kier molecular flexibility index (Phi) is 8.45. The number of amides is 2. The number of ether oxygens (including phenoxy) is 3. The molecule has 0 saturated carbocycles. The minimum atomic E-state index is -0.974. The molecule has 0 aromatic heterocycles. The third-order valence-electron chi connectivity index (χ3n) is 4.21. The molecule has 29 heavy (non-hydrogen) atoms. The molecule has 1 heterocycles. The second-order valence-corrected chi connectivity index (χ2v) is 7.82. The molecular weight excluding hydrogens is 376 g/mol. The van der Waals surface area contributed by atoms with Crippen LogP contribution in [-0.2, 0) is 30.4 Å². The highest BCUT2D eigenvalue weighted by Crippen LogP contribution is 2.11. The highest BCUT2D eigenvalue weighted by atomic mass is 16.6. The first kappa shape index (κ1) is 22.7. The van der Waals surface area contributed by atoms with Crippen LogP contribution in [0.5, 0.6) is 0 Å². The van der Waals surface area contributed by atoms with E-state index in [-0.39, 0.29) is 25.4 Å². The topological polar surface area (TPSA) is 94.2 Å². The van der Waals surface area contributed by atoms with E-state index in [4.69, 9.17) is 14.2 Å². The van der Waals surface area contributed by atoms with Crippen LogP contribution in [0.25, 0.3) is 0 Å². The molecule has 1 aromatic carbocycles. The lowest BCUT2D eigenvalue weighted by atomic mass is 10.1. The summed E-state index contributed by atoms with van der Waals surface area (Å²) >= 11 is 0. The molecule has 1 atom stereocenters.